The van der Waals surface area contributed by atoms with Crippen molar-refractivity contribution in [3.05, 3.63) is 96.1 Å². The second-order valence-electron chi connectivity index (χ2n) is 14.7. The summed E-state index contributed by atoms with van der Waals surface area (Å²) in [6, 6.07) is 21.1. The van der Waals surface area contributed by atoms with Crippen molar-refractivity contribution in [3.8, 4) is 34.5 Å². The topological polar surface area (TPSA) is 173 Å². The van der Waals surface area contributed by atoms with Gasteiger partial charge in [0.15, 0.2) is 11.5 Å². The smallest absolute Gasteiger partial charge is 0.870 e. The van der Waals surface area contributed by atoms with Gasteiger partial charge in [-0.2, -0.15) is 8.42 Å². The second-order valence-corrected chi connectivity index (χ2v) is 17.5. The van der Waals surface area contributed by atoms with Gasteiger partial charge in [0.05, 0.1) is 9.79 Å². The molecule has 0 aromatic heterocycles. The van der Waals surface area contributed by atoms with E-state index in [-0.39, 0.29) is 64.8 Å². The Morgan fingerprint density at radius 2 is 0.881 bits per heavy atom. The first-order valence-corrected chi connectivity index (χ1v) is 23.8. The third kappa shape index (κ3) is 20.5. The van der Waals surface area contributed by atoms with Crippen molar-refractivity contribution in [2.45, 2.75) is 152 Å². The molecule has 0 heterocycles. The molecule has 59 heavy (non-hydrogen) atoms. The fourth-order valence-corrected chi connectivity index (χ4v) is 7.50. The normalized spacial score (nSPS) is 11.3. The zero-order valence-electron chi connectivity index (χ0n) is 34.9. The predicted molar refractivity (Wildman–Crippen MR) is 232 cm³/mol. The summed E-state index contributed by atoms with van der Waals surface area (Å²) in [5.74, 6) is 1.20. The molecule has 0 saturated carbocycles. The van der Waals surface area contributed by atoms with Gasteiger partial charge in [-0.15, -0.1) is 0 Å². The molecule has 4 aromatic carbocycles. The van der Waals surface area contributed by atoms with Crippen molar-refractivity contribution in [2.75, 3.05) is 0 Å². The van der Waals surface area contributed by atoms with Crippen LogP contribution in [0.2, 0.25) is 0 Å². The van der Waals surface area contributed by atoms with E-state index in [1.54, 1.807) is 18.2 Å². The van der Waals surface area contributed by atoms with Gasteiger partial charge in [0, 0.05) is 0 Å². The average molecular weight is 879 g/mol. The molecule has 0 saturated heterocycles. The maximum absolute atomic E-state index is 12.6. The molecule has 0 amide bonds. The van der Waals surface area contributed by atoms with Crippen molar-refractivity contribution in [3.63, 3.8) is 0 Å². The third-order valence-electron chi connectivity index (χ3n) is 9.93. The van der Waals surface area contributed by atoms with Gasteiger partial charge >= 0.3 is 37.7 Å². The summed E-state index contributed by atoms with van der Waals surface area (Å²) in [4.78, 5) is -0.528. The molecule has 0 radical (unpaired) electrons. The zero-order valence-corrected chi connectivity index (χ0v) is 38.8. The van der Waals surface area contributed by atoms with E-state index in [0.29, 0.717) is 17.2 Å². The molecule has 4 rings (SSSR count). The third-order valence-corrected chi connectivity index (χ3v) is 11.6. The van der Waals surface area contributed by atoms with Crippen LogP contribution < -0.4 is 14.6 Å². The van der Waals surface area contributed by atoms with Crippen LogP contribution in [0.3, 0.4) is 0 Å². The zero-order chi connectivity index (χ0) is 42.2. The van der Waals surface area contributed by atoms with E-state index in [9.17, 15) is 31.6 Å². The first kappa shape index (κ1) is 52.3. The van der Waals surface area contributed by atoms with Crippen LogP contribution in [0.25, 0.3) is 0 Å². The SMILES string of the molecule is CCCCCCCCCCCc1cccc(Oc2ccc(S(=O)(=O)O)cc2)c1O.CCCCCCCCCCCc1cccc(Oc2ccc(S(=O)(=O)[O-])cc2)c1[O-].[Ca+2]. The van der Waals surface area contributed by atoms with Crippen LogP contribution in [0.5, 0.6) is 34.5 Å². The maximum Gasteiger partial charge on any atom is 2.00 e. The Hall–Kier alpha value is -2.84. The molecule has 13 heteroatoms. The summed E-state index contributed by atoms with van der Waals surface area (Å²) >= 11 is 0. The van der Waals surface area contributed by atoms with Crippen LogP contribution in [0.1, 0.15) is 141 Å². The van der Waals surface area contributed by atoms with E-state index >= 15 is 0 Å². The van der Waals surface area contributed by atoms with Gasteiger partial charge in [0.2, 0.25) is 0 Å². The summed E-state index contributed by atoms with van der Waals surface area (Å²) in [5, 5.41) is 23.1. The molecular weight excluding hydrogens is 817 g/mol. The molecule has 0 aliphatic rings. The molecule has 2 N–H and O–H groups in total. The standard InChI is InChI=1S/2C23H32O5S.Ca/c2*1-2-3-4-5-6-7-8-9-10-12-19-13-11-14-22(23(19)24)28-20-15-17-21(18-16-20)29(25,26)27;/h2*11,13-18,24H,2-10,12H2,1H3,(H,25,26,27);/q;;+2/p-2. The molecule has 0 spiro atoms. The number of ether oxygens (including phenoxy) is 2. The largest absolute Gasteiger partial charge is 2.00 e. The Bertz CT molecular complexity index is 1840. The Morgan fingerprint density at radius 3 is 1.32 bits per heavy atom. The van der Waals surface area contributed by atoms with E-state index in [2.05, 4.69) is 13.8 Å². The predicted octanol–water partition coefficient (Wildman–Crippen LogP) is 11.7. The van der Waals surface area contributed by atoms with Gasteiger partial charge in [0.25, 0.3) is 10.1 Å². The first-order valence-electron chi connectivity index (χ1n) is 20.9. The quantitative estimate of drug-likeness (QED) is 0.0351. The number of hydrogen-bond donors (Lipinski definition) is 2. The molecule has 0 aliphatic heterocycles. The monoisotopic (exact) mass is 878 g/mol. The van der Waals surface area contributed by atoms with Crippen LogP contribution in [0.15, 0.2) is 94.7 Å². The van der Waals surface area contributed by atoms with Crippen molar-refractivity contribution >= 4 is 58.0 Å². The Labute approximate surface area is 383 Å². The fourth-order valence-electron chi connectivity index (χ4n) is 6.55. The summed E-state index contributed by atoms with van der Waals surface area (Å²) < 4.78 is 75.5. The number of aryl methyl sites for hydroxylation is 2. The molecule has 0 unspecified atom stereocenters. The van der Waals surface area contributed by atoms with Crippen molar-refractivity contribution in [1.82, 2.24) is 0 Å². The average Bonchev–Trinajstić information content (AvgIpc) is 3.19. The molecule has 4 aromatic rings. The number of para-hydroxylation sites is 2. The minimum Gasteiger partial charge on any atom is -0.870 e. The summed E-state index contributed by atoms with van der Waals surface area (Å²) in [7, 11) is -8.73. The van der Waals surface area contributed by atoms with Crippen LogP contribution in [-0.4, -0.2) is 68.8 Å². The number of unbranched alkanes of at least 4 members (excludes halogenated alkanes) is 16. The number of phenolic OH excluding ortho intramolecular Hbond substituents is 1. The molecular formula is C46H62CaO10S2. The maximum atomic E-state index is 12.6. The number of phenols is 1. The number of benzene rings is 4. The van der Waals surface area contributed by atoms with Gasteiger partial charge in [0.1, 0.15) is 27.4 Å². The van der Waals surface area contributed by atoms with Crippen molar-refractivity contribution in [1.29, 1.82) is 0 Å². The fraction of sp³-hybridized carbons (Fsp3) is 0.478. The Balaban J connectivity index is 0.000000400. The van der Waals surface area contributed by atoms with Gasteiger partial charge in [-0.3, -0.25) is 4.55 Å². The molecule has 320 valence electrons. The van der Waals surface area contributed by atoms with Crippen molar-refractivity contribution in [2.24, 2.45) is 0 Å². The summed E-state index contributed by atoms with van der Waals surface area (Å²) in [5.41, 5.74) is 1.57. The first-order chi connectivity index (χ1) is 27.8. The van der Waals surface area contributed by atoms with Gasteiger partial charge in [-0.25, -0.2) is 8.42 Å². The van der Waals surface area contributed by atoms with Gasteiger partial charge < -0.3 is 24.2 Å². The molecule has 10 nitrogen and oxygen atoms in total. The van der Waals surface area contributed by atoms with Gasteiger partial charge in [-0.05, 0) is 91.9 Å². The van der Waals surface area contributed by atoms with Crippen LogP contribution in [0, 0.1) is 0 Å². The Kier molecular flexibility index (Phi) is 25.4. The molecule has 0 bridgehead atoms. The van der Waals surface area contributed by atoms with E-state index in [4.69, 9.17) is 14.0 Å². The van der Waals surface area contributed by atoms with Crippen LogP contribution >= 0.6 is 0 Å². The van der Waals surface area contributed by atoms with E-state index in [0.717, 1.165) is 49.7 Å². The Morgan fingerprint density at radius 1 is 0.508 bits per heavy atom. The number of hydrogen-bond acceptors (Lipinski definition) is 9. The van der Waals surface area contributed by atoms with Crippen LogP contribution in [0.4, 0.5) is 0 Å². The summed E-state index contributed by atoms with van der Waals surface area (Å²) in [6.07, 6.45) is 23.9. The molecule has 0 fully saturated rings. The number of aromatic hydroxyl groups is 1. The molecule has 0 aliphatic carbocycles. The minimum absolute atomic E-state index is 0. The molecule has 0 atom stereocenters. The van der Waals surface area contributed by atoms with Crippen molar-refractivity contribution < 1.29 is 45.6 Å². The minimum atomic E-state index is -4.50. The summed E-state index contributed by atoms with van der Waals surface area (Å²) in [6.45, 7) is 4.45. The number of rotatable bonds is 26. The van der Waals surface area contributed by atoms with E-state index in [1.807, 2.05) is 18.2 Å². The second kappa shape index (κ2) is 28.6. The van der Waals surface area contributed by atoms with Gasteiger partial charge in [-0.1, -0.05) is 152 Å². The van der Waals surface area contributed by atoms with E-state index < -0.39 is 20.2 Å². The van der Waals surface area contributed by atoms with E-state index in [1.165, 1.54) is 138 Å². The van der Waals surface area contributed by atoms with Crippen LogP contribution in [-0.2, 0) is 33.1 Å².